The fourth-order valence-electron chi connectivity index (χ4n) is 1.23. The van der Waals surface area contributed by atoms with E-state index in [1.54, 1.807) is 17.1 Å². The summed E-state index contributed by atoms with van der Waals surface area (Å²) in [6.45, 7) is 0.440. The third-order valence-electron chi connectivity index (χ3n) is 1.94. The largest absolute Gasteiger partial charge is 0.386 e. The second kappa shape index (κ2) is 2.60. The van der Waals surface area contributed by atoms with Crippen molar-refractivity contribution in [3.8, 4) is 0 Å². The van der Waals surface area contributed by atoms with Crippen LogP contribution in [0.5, 0.6) is 0 Å². The Balaban J connectivity index is 2.51. The number of nitrogens with zero attached hydrogens (tertiary/aromatic N) is 3. The topological polar surface area (TPSA) is 62.4 Å². The van der Waals surface area contributed by atoms with Gasteiger partial charge in [-0.2, -0.15) is 10.2 Å². The van der Waals surface area contributed by atoms with Crippen molar-refractivity contribution < 1.29 is 5.11 Å². The highest BCUT2D eigenvalue weighted by molar-refractivity contribution is 5.79. The maximum atomic E-state index is 9.56. The van der Waals surface area contributed by atoms with E-state index in [1.165, 1.54) is 0 Å². The summed E-state index contributed by atoms with van der Waals surface area (Å²) in [7, 11) is 1.82. The van der Waals surface area contributed by atoms with Crippen LogP contribution in [0.2, 0.25) is 0 Å². The number of aromatic nitrogens is 2. The zero-order valence-corrected chi connectivity index (χ0v) is 6.73. The summed E-state index contributed by atoms with van der Waals surface area (Å²) in [6, 6.07) is 0. The van der Waals surface area contributed by atoms with Gasteiger partial charge in [-0.3, -0.25) is 4.68 Å². The minimum atomic E-state index is -0.517. The first-order valence-electron chi connectivity index (χ1n) is 3.75. The van der Waals surface area contributed by atoms with Crippen LogP contribution in [0.3, 0.4) is 0 Å². The lowest BCUT2D eigenvalue weighted by Gasteiger charge is -2.04. The molecule has 0 amide bonds. The molecular weight excluding hydrogens is 156 g/mol. The Morgan fingerprint density at radius 1 is 1.75 bits per heavy atom. The molecule has 5 nitrogen and oxygen atoms in total. The normalized spacial score (nSPS) is 21.3. The van der Waals surface area contributed by atoms with Crippen LogP contribution in [0.4, 0.5) is 0 Å². The van der Waals surface area contributed by atoms with E-state index in [2.05, 4.69) is 15.6 Å². The van der Waals surface area contributed by atoms with Crippen LogP contribution in [0.1, 0.15) is 17.4 Å². The number of hydrazone groups is 1. The minimum Gasteiger partial charge on any atom is -0.386 e. The van der Waals surface area contributed by atoms with Gasteiger partial charge in [-0.25, -0.2) is 0 Å². The maximum absolute atomic E-state index is 9.56. The average molecular weight is 166 g/mol. The molecule has 0 bridgehead atoms. The van der Waals surface area contributed by atoms with Crippen molar-refractivity contribution in [1.29, 1.82) is 0 Å². The van der Waals surface area contributed by atoms with E-state index >= 15 is 0 Å². The molecular formula is C7H10N4O. The Labute approximate surface area is 69.7 Å². The summed E-state index contributed by atoms with van der Waals surface area (Å²) in [4.78, 5) is 0. The highest BCUT2D eigenvalue weighted by atomic mass is 16.3. The number of aryl methyl sites for hydroxylation is 1. The highest BCUT2D eigenvalue weighted by Crippen LogP contribution is 2.16. The van der Waals surface area contributed by atoms with Crippen LogP contribution in [0.15, 0.2) is 11.3 Å². The molecule has 1 aromatic rings. The molecule has 2 N–H and O–H groups in total. The van der Waals surface area contributed by atoms with Gasteiger partial charge >= 0.3 is 0 Å². The molecule has 2 rings (SSSR count). The smallest absolute Gasteiger partial charge is 0.102 e. The number of aliphatic hydroxyl groups excluding tert-OH is 1. The van der Waals surface area contributed by atoms with Gasteiger partial charge in [0, 0.05) is 12.6 Å². The molecule has 1 atom stereocenters. The van der Waals surface area contributed by atoms with Crippen LogP contribution in [0, 0.1) is 0 Å². The van der Waals surface area contributed by atoms with Crippen molar-refractivity contribution in [3.05, 3.63) is 17.5 Å². The van der Waals surface area contributed by atoms with Gasteiger partial charge in [0.1, 0.15) is 6.10 Å². The van der Waals surface area contributed by atoms with Crippen molar-refractivity contribution >= 4 is 6.21 Å². The summed E-state index contributed by atoms with van der Waals surface area (Å²) < 4.78 is 1.69. The fourth-order valence-corrected chi connectivity index (χ4v) is 1.23. The van der Waals surface area contributed by atoms with E-state index in [4.69, 9.17) is 0 Å². The summed E-state index contributed by atoms with van der Waals surface area (Å²) >= 11 is 0. The molecule has 0 radical (unpaired) electrons. The van der Waals surface area contributed by atoms with Crippen molar-refractivity contribution in [2.24, 2.45) is 12.1 Å². The van der Waals surface area contributed by atoms with Crippen LogP contribution in [0.25, 0.3) is 0 Å². The number of β-amino-alcohol motifs (C(OH)–C–C–N with tert-alkyl or cyclic N) is 1. The maximum Gasteiger partial charge on any atom is 0.102 e. The van der Waals surface area contributed by atoms with E-state index in [0.717, 1.165) is 11.3 Å². The first kappa shape index (κ1) is 7.30. The SMILES string of the molecule is Cn1ncc2c1C=NNCC2O. The van der Waals surface area contributed by atoms with E-state index in [1.807, 2.05) is 7.05 Å². The Hall–Kier alpha value is -1.36. The zero-order chi connectivity index (χ0) is 8.55. The lowest BCUT2D eigenvalue weighted by Crippen LogP contribution is -2.13. The molecule has 2 heterocycles. The zero-order valence-electron chi connectivity index (χ0n) is 6.73. The number of hydrogen-bond acceptors (Lipinski definition) is 4. The summed E-state index contributed by atoms with van der Waals surface area (Å²) in [6.07, 6.45) is 2.81. The van der Waals surface area contributed by atoms with Gasteiger partial charge in [-0.1, -0.05) is 0 Å². The quantitative estimate of drug-likeness (QED) is 0.540. The molecule has 1 aliphatic heterocycles. The van der Waals surface area contributed by atoms with Crippen LogP contribution in [-0.2, 0) is 7.05 Å². The predicted molar refractivity (Wildman–Crippen MR) is 43.8 cm³/mol. The minimum absolute atomic E-state index is 0.440. The Kier molecular flexibility index (Phi) is 1.58. The summed E-state index contributed by atoms with van der Waals surface area (Å²) in [5.41, 5.74) is 4.42. The molecule has 0 aliphatic carbocycles. The van der Waals surface area contributed by atoms with Crippen molar-refractivity contribution in [2.75, 3.05) is 6.54 Å². The molecule has 12 heavy (non-hydrogen) atoms. The number of rotatable bonds is 0. The monoisotopic (exact) mass is 166 g/mol. The predicted octanol–water partition coefficient (Wildman–Crippen LogP) is -0.609. The molecule has 0 aromatic carbocycles. The molecule has 1 aromatic heterocycles. The molecule has 64 valence electrons. The van der Waals surface area contributed by atoms with Gasteiger partial charge in [0.05, 0.1) is 24.7 Å². The van der Waals surface area contributed by atoms with Gasteiger partial charge in [-0.15, -0.1) is 0 Å². The number of aliphatic hydroxyl groups is 1. The van der Waals surface area contributed by atoms with Gasteiger partial charge in [0.25, 0.3) is 0 Å². The molecule has 0 spiro atoms. The Morgan fingerprint density at radius 3 is 3.42 bits per heavy atom. The standard InChI is InChI=1S/C7H10N4O/c1-11-6-3-8-9-4-7(12)5(6)2-10-11/h2-3,7,9,12H,4H2,1H3. The van der Waals surface area contributed by atoms with Crippen molar-refractivity contribution in [2.45, 2.75) is 6.10 Å². The Bertz CT molecular complexity index is 317. The van der Waals surface area contributed by atoms with E-state index in [-0.39, 0.29) is 0 Å². The Morgan fingerprint density at radius 2 is 2.58 bits per heavy atom. The molecule has 1 unspecified atom stereocenters. The second-order valence-electron chi connectivity index (χ2n) is 2.74. The van der Waals surface area contributed by atoms with E-state index in [0.29, 0.717) is 6.54 Å². The van der Waals surface area contributed by atoms with E-state index in [9.17, 15) is 5.11 Å². The molecule has 0 saturated heterocycles. The lowest BCUT2D eigenvalue weighted by atomic mass is 10.1. The molecule has 5 heteroatoms. The van der Waals surface area contributed by atoms with Crippen molar-refractivity contribution in [1.82, 2.24) is 15.2 Å². The third kappa shape index (κ3) is 0.984. The summed E-state index contributed by atoms with van der Waals surface area (Å²) in [5.74, 6) is 0. The first-order valence-corrected chi connectivity index (χ1v) is 3.75. The van der Waals surface area contributed by atoms with Gasteiger partial charge < -0.3 is 10.5 Å². The van der Waals surface area contributed by atoms with Crippen LogP contribution >= 0.6 is 0 Å². The fraction of sp³-hybridized carbons (Fsp3) is 0.429. The van der Waals surface area contributed by atoms with Gasteiger partial charge in [0.15, 0.2) is 0 Å². The first-order chi connectivity index (χ1) is 5.79. The lowest BCUT2D eigenvalue weighted by molar-refractivity contribution is 0.176. The molecule has 0 saturated carbocycles. The number of nitrogens with one attached hydrogen (secondary N) is 1. The average Bonchev–Trinajstić information content (AvgIpc) is 2.30. The third-order valence-corrected chi connectivity index (χ3v) is 1.94. The van der Waals surface area contributed by atoms with Gasteiger partial charge in [0.2, 0.25) is 0 Å². The van der Waals surface area contributed by atoms with E-state index < -0.39 is 6.10 Å². The number of hydrogen-bond donors (Lipinski definition) is 2. The number of fused-ring (bicyclic) bond motifs is 1. The van der Waals surface area contributed by atoms with Crippen LogP contribution in [-0.4, -0.2) is 27.6 Å². The summed E-state index contributed by atoms with van der Waals surface area (Å²) in [5, 5.41) is 17.5. The molecule has 0 fully saturated rings. The highest BCUT2D eigenvalue weighted by Gasteiger charge is 2.16. The molecule has 1 aliphatic rings. The van der Waals surface area contributed by atoms with Gasteiger partial charge in [-0.05, 0) is 0 Å². The van der Waals surface area contributed by atoms with Crippen LogP contribution < -0.4 is 5.43 Å². The van der Waals surface area contributed by atoms with Crippen molar-refractivity contribution in [3.63, 3.8) is 0 Å². The second-order valence-corrected chi connectivity index (χ2v) is 2.74.